The number of aryl methyl sites for hydroxylation is 1. The van der Waals surface area contributed by atoms with Gasteiger partial charge in [-0.1, -0.05) is 12.1 Å². The smallest absolute Gasteiger partial charge is 0.193 e. The predicted octanol–water partition coefficient (Wildman–Crippen LogP) is 3.79. The van der Waals surface area contributed by atoms with Crippen LogP contribution in [0.1, 0.15) is 11.3 Å². The third-order valence-corrected chi connectivity index (χ3v) is 3.91. The molecule has 0 aliphatic rings. The Bertz CT molecular complexity index is 628. The molecule has 0 radical (unpaired) electrons. The molecule has 1 aromatic carbocycles. The Balaban J connectivity index is 1.63. The zero-order chi connectivity index (χ0) is 13.1. The van der Waals surface area contributed by atoms with Crippen LogP contribution in [0.25, 0.3) is 4.96 Å². The Kier molecular flexibility index (Phi) is 3.71. The standard InChI is InChI=1S/C14H14ClN3S/c15-6-5-11-1-3-12(4-2-11)16-9-13-10-18-7-8-19-14(18)17-13/h1-4,7-8,10,16H,5-6,9H2. The zero-order valence-corrected chi connectivity index (χ0v) is 11.9. The highest BCUT2D eigenvalue weighted by molar-refractivity contribution is 7.15. The minimum absolute atomic E-state index is 0.665. The van der Waals surface area contributed by atoms with E-state index in [1.807, 2.05) is 16.0 Å². The molecular formula is C14H14ClN3S. The lowest BCUT2D eigenvalue weighted by Gasteiger charge is -2.05. The van der Waals surface area contributed by atoms with E-state index in [4.69, 9.17) is 11.6 Å². The van der Waals surface area contributed by atoms with Crippen LogP contribution < -0.4 is 5.32 Å². The number of nitrogens with one attached hydrogen (secondary N) is 1. The van der Waals surface area contributed by atoms with Crippen LogP contribution in [0.4, 0.5) is 5.69 Å². The molecule has 0 bridgehead atoms. The van der Waals surface area contributed by atoms with Gasteiger partial charge in [-0.25, -0.2) is 4.98 Å². The number of aromatic nitrogens is 2. The molecule has 0 saturated carbocycles. The van der Waals surface area contributed by atoms with Gasteiger partial charge in [0.05, 0.1) is 12.2 Å². The molecule has 2 aromatic heterocycles. The van der Waals surface area contributed by atoms with Crippen molar-refractivity contribution in [2.75, 3.05) is 11.2 Å². The quantitative estimate of drug-likeness (QED) is 0.725. The predicted molar refractivity (Wildman–Crippen MR) is 81.3 cm³/mol. The molecule has 1 N–H and O–H groups in total. The van der Waals surface area contributed by atoms with Crippen molar-refractivity contribution in [3.63, 3.8) is 0 Å². The van der Waals surface area contributed by atoms with Crippen LogP contribution in [0.2, 0.25) is 0 Å². The monoisotopic (exact) mass is 291 g/mol. The molecule has 5 heteroatoms. The third-order valence-electron chi connectivity index (χ3n) is 2.95. The Morgan fingerprint density at radius 2 is 2.11 bits per heavy atom. The van der Waals surface area contributed by atoms with Crippen LogP contribution in [-0.4, -0.2) is 15.3 Å². The summed E-state index contributed by atoms with van der Waals surface area (Å²) < 4.78 is 2.05. The Morgan fingerprint density at radius 1 is 1.26 bits per heavy atom. The topological polar surface area (TPSA) is 29.3 Å². The summed E-state index contributed by atoms with van der Waals surface area (Å²) in [4.78, 5) is 5.57. The van der Waals surface area contributed by atoms with Gasteiger partial charge in [-0.3, -0.25) is 4.40 Å². The van der Waals surface area contributed by atoms with Crippen LogP contribution in [0.3, 0.4) is 0 Å². The third kappa shape index (κ3) is 2.91. The number of halogens is 1. The molecule has 0 amide bonds. The summed E-state index contributed by atoms with van der Waals surface area (Å²) in [5, 5.41) is 5.41. The Hall–Kier alpha value is -1.52. The van der Waals surface area contributed by atoms with Gasteiger partial charge in [-0.05, 0) is 24.1 Å². The number of imidazole rings is 1. The number of nitrogens with zero attached hydrogens (tertiary/aromatic N) is 2. The average molecular weight is 292 g/mol. The van der Waals surface area contributed by atoms with Crippen molar-refractivity contribution >= 4 is 33.6 Å². The van der Waals surface area contributed by atoms with Crippen molar-refractivity contribution in [3.05, 3.63) is 53.3 Å². The Labute approximate surface area is 120 Å². The normalized spacial score (nSPS) is 11.0. The van der Waals surface area contributed by atoms with Crippen molar-refractivity contribution in [3.8, 4) is 0 Å². The lowest BCUT2D eigenvalue weighted by molar-refractivity contribution is 1.08. The van der Waals surface area contributed by atoms with Crippen LogP contribution in [-0.2, 0) is 13.0 Å². The van der Waals surface area contributed by atoms with Gasteiger partial charge < -0.3 is 5.32 Å². The largest absolute Gasteiger partial charge is 0.379 e. The summed E-state index contributed by atoms with van der Waals surface area (Å²) in [5.41, 5.74) is 3.43. The first-order valence-electron chi connectivity index (χ1n) is 6.15. The summed E-state index contributed by atoms with van der Waals surface area (Å²) in [6, 6.07) is 8.38. The van der Waals surface area contributed by atoms with Crippen molar-refractivity contribution in [1.29, 1.82) is 0 Å². The summed E-state index contributed by atoms with van der Waals surface area (Å²) in [6.07, 6.45) is 5.00. The molecule has 0 spiro atoms. The molecule has 0 aliphatic carbocycles. The molecule has 0 unspecified atom stereocenters. The van der Waals surface area contributed by atoms with Gasteiger partial charge in [-0.15, -0.1) is 22.9 Å². The second-order valence-corrected chi connectivity index (χ2v) is 5.57. The minimum Gasteiger partial charge on any atom is -0.379 e. The summed E-state index contributed by atoms with van der Waals surface area (Å²) >= 11 is 7.37. The van der Waals surface area contributed by atoms with Crippen LogP contribution >= 0.6 is 22.9 Å². The maximum atomic E-state index is 5.72. The van der Waals surface area contributed by atoms with E-state index in [1.165, 1.54) is 5.56 Å². The Morgan fingerprint density at radius 3 is 2.84 bits per heavy atom. The van der Waals surface area contributed by atoms with E-state index in [1.54, 1.807) is 11.3 Å². The van der Waals surface area contributed by atoms with E-state index in [2.05, 4.69) is 40.8 Å². The SMILES string of the molecule is ClCCc1ccc(NCc2cn3ccsc3n2)cc1. The van der Waals surface area contributed by atoms with E-state index in [9.17, 15) is 0 Å². The molecule has 3 aromatic rings. The van der Waals surface area contributed by atoms with Gasteiger partial charge in [0.1, 0.15) is 0 Å². The fraction of sp³-hybridized carbons (Fsp3) is 0.214. The van der Waals surface area contributed by atoms with E-state index < -0.39 is 0 Å². The molecule has 2 heterocycles. The summed E-state index contributed by atoms with van der Waals surface area (Å²) in [5.74, 6) is 0.665. The van der Waals surface area contributed by atoms with Gasteiger partial charge in [0.15, 0.2) is 4.96 Å². The van der Waals surface area contributed by atoms with E-state index >= 15 is 0 Å². The molecule has 0 atom stereocenters. The molecule has 19 heavy (non-hydrogen) atoms. The number of anilines is 1. The maximum absolute atomic E-state index is 5.72. The van der Waals surface area contributed by atoms with Crippen molar-refractivity contribution in [2.24, 2.45) is 0 Å². The summed E-state index contributed by atoms with van der Waals surface area (Å²) in [6.45, 7) is 0.739. The first-order valence-corrected chi connectivity index (χ1v) is 7.56. The van der Waals surface area contributed by atoms with Gasteiger partial charge in [0, 0.05) is 29.3 Å². The van der Waals surface area contributed by atoms with Gasteiger partial charge >= 0.3 is 0 Å². The number of hydrogen-bond donors (Lipinski definition) is 1. The average Bonchev–Trinajstić information content (AvgIpc) is 2.99. The highest BCUT2D eigenvalue weighted by Gasteiger charge is 2.02. The van der Waals surface area contributed by atoms with Crippen molar-refractivity contribution in [2.45, 2.75) is 13.0 Å². The lowest BCUT2D eigenvalue weighted by atomic mass is 10.1. The van der Waals surface area contributed by atoms with E-state index in [-0.39, 0.29) is 0 Å². The number of hydrogen-bond acceptors (Lipinski definition) is 3. The lowest BCUT2D eigenvalue weighted by Crippen LogP contribution is -1.99. The maximum Gasteiger partial charge on any atom is 0.193 e. The van der Waals surface area contributed by atoms with E-state index in [0.29, 0.717) is 5.88 Å². The molecule has 98 valence electrons. The van der Waals surface area contributed by atoms with Gasteiger partial charge in [0.25, 0.3) is 0 Å². The zero-order valence-electron chi connectivity index (χ0n) is 10.3. The fourth-order valence-electron chi connectivity index (χ4n) is 1.95. The molecule has 0 fully saturated rings. The van der Waals surface area contributed by atoms with Gasteiger partial charge in [-0.2, -0.15) is 0 Å². The molecular weight excluding hydrogens is 278 g/mol. The number of fused-ring (bicyclic) bond motifs is 1. The number of rotatable bonds is 5. The van der Waals surface area contributed by atoms with Crippen LogP contribution in [0.15, 0.2) is 42.0 Å². The first kappa shape index (κ1) is 12.5. The highest BCUT2D eigenvalue weighted by atomic mass is 35.5. The molecule has 0 saturated heterocycles. The second-order valence-electron chi connectivity index (χ2n) is 4.31. The molecule has 3 nitrogen and oxygen atoms in total. The second kappa shape index (κ2) is 5.63. The van der Waals surface area contributed by atoms with Gasteiger partial charge in [0.2, 0.25) is 0 Å². The highest BCUT2D eigenvalue weighted by Crippen LogP contribution is 2.14. The molecule has 0 aliphatic heterocycles. The van der Waals surface area contributed by atoms with E-state index in [0.717, 1.165) is 29.3 Å². The molecule has 3 rings (SSSR count). The van der Waals surface area contributed by atoms with Crippen molar-refractivity contribution in [1.82, 2.24) is 9.38 Å². The number of alkyl halides is 1. The fourth-order valence-corrected chi connectivity index (χ4v) is 2.89. The first-order chi connectivity index (χ1) is 9.35. The number of benzene rings is 1. The summed E-state index contributed by atoms with van der Waals surface area (Å²) in [7, 11) is 0. The number of thiazole rings is 1. The minimum atomic E-state index is 0.665. The van der Waals surface area contributed by atoms with Crippen LogP contribution in [0.5, 0.6) is 0 Å². The van der Waals surface area contributed by atoms with Crippen LogP contribution in [0, 0.1) is 0 Å². The van der Waals surface area contributed by atoms with Crippen molar-refractivity contribution < 1.29 is 0 Å².